The predicted molar refractivity (Wildman–Crippen MR) is 55.6 cm³/mol. The Morgan fingerprint density at radius 1 is 1.38 bits per heavy atom. The van der Waals surface area contributed by atoms with Gasteiger partial charge in [-0.1, -0.05) is 6.92 Å². The first-order chi connectivity index (χ1) is 6.07. The summed E-state index contributed by atoms with van der Waals surface area (Å²) in [5.74, 6) is 0.939. The van der Waals surface area contributed by atoms with Crippen LogP contribution in [0.2, 0.25) is 0 Å². The lowest BCUT2D eigenvalue weighted by molar-refractivity contribution is 0.229. The third-order valence-corrected chi connectivity index (χ3v) is 3.72. The van der Waals surface area contributed by atoms with Crippen LogP contribution in [0.15, 0.2) is 0 Å². The van der Waals surface area contributed by atoms with E-state index in [4.69, 9.17) is 5.73 Å². The number of hydrogen-bond acceptors (Lipinski definition) is 2. The molecule has 0 aromatic rings. The molecule has 13 heavy (non-hydrogen) atoms. The van der Waals surface area contributed by atoms with Gasteiger partial charge in [0.25, 0.3) is 0 Å². The molecule has 1 aliphatic heterocycles. The first-order valence-electron chi connectivity index (χ1n) is 5.60. The average molecular weight is 182 g/mol. The lowest BCUT2D eigenvalue weighted by atomic mass is 10.0. The summed E-state index contributed by atoms with van der Waals surface area (Å²) in [5, 5.41) is 0. The molecular weight excluding hydrogens is 160 g/mol. The molecule has 1 saturated heterocycles. The molecule has 1 saturated carbocycles. The summed E-state index contributed by atoms with van der Waals surface area (Å²) in [7, 11) is 0. The van der Waals surface area contributed by atoms with E-state index in [1.165, 1.54) is 32.2 Å². The highest BCUT2D eigenvalue weighted by atomic mass is 15.2. The Hall–Kier alpha value is -0.0800. The fourth-order valence-corrected chi connectivity index (χ4v) is 2.84. The van der Waals surface area contributed by atoms with E-state index >= 15 is 0 Å². The van der Waals surface area contributed by atoms with Crippen molar-refractivity contribution < 1.29 is 0 Å². The van der Waals surface area contributed by atoms with Crippen LogP contribution in [-0.4, -0.2) is 29.6 Å². The van der Waals surface area contributed by atoms with E-state index in [-0.39, 0.29) is 5.54 Å². The molecule has 2 rings (SSSR count). The van der Waals surface area contributed by atoms with Crippen LogP contribution >= 0.6 is 0 Å². The molecule has 3 atom stereocenters. The summed E-state index contributed by atoms with van der Waals surface area (Å²) < 4.78 is 0. The highest BCUT2D eigenvalue weighted by Crippen LogP contribution is 2.32. The Bertz CT molecular complexity index is 189. The third-order valence-electron chi connectivity index (χ3n) is 3.72. The minimum atomic E-state index is 0.0891. The van der Waals surface area contributed by atoms with Crippen LogP contribution in [0, 0.1) is 5.92 Å². The molecule has 76 valence electrons. The molecule has 0 amide bonds. The maximum Gasteiger partial charge on any atom is 0.0267 e. The maximum atomic E-state index is 6.13. The minimum absolute atomic E-state index is 0.0891. The largest absolute Gasteiger partial charge is 0.324 e. The first kappa shape index (κ1) is 9.47. The summed E-state index contributed by atoms with van der Waals surface area (Å²) in [5.41, 5.74) is 6.22. The SMILES string of the molecule is CC1CCC(N2CCC(C)(N)C2)C1. The van der Waals surface area contributed by atoms with Gasteiger partial charge in [-0.2, -0.15) is 0 Å². The number of likely N-dealkylation sites (tertiary alicyclic amines) is 1. The van der Waals surface area contributed by atoms with Gasteiger partial charge in [-0.3, -0.25) is 4.90 Å². The van der Waals surface area contributed by atoms with Gasteiger partial charge >= 0.3 is 0 Å². The molecule has 2 aliphatic rings. The van der Waals surface area contributed by atoms with Crippen LogP contribution in [0.25, 0.3) is 0 Å². The van der Waals surface area contributed by atoms with Crippen LogP contribution in [0.5, 0.6) is 0 Å². The normalized spacial score (nSPS) is 47.3. The van der Waals surface area contributed by atoms with E-state index < -0.39 is 0 Å². The van der Waals surface area contributed by atoms with Gasteiger partial charge in [0, 0.05) is 24.7 Å². The average Bonchev–Trinajstić information content (AvgIpc) is 2.56. The molecule has 1 heterocycles. The van der Waals surface area contributed by atoms with E-state index in [2.05, 4.69) is 18.7 Å². The van der Waals surface area contributed by atoms with Crippen molar-refractivity contribution in [3.05, 3.63) is 0 Å². The monoisotopic (exact) mass is 182 g/mol. The molecule has 3 unspecified atom stereocenters. The van der Waals surface area contributed by atoms with E-state index in [9.17, 15) is 0 Å². The lowest BCUT2D eigenvalue weighted by Gasteiger charge is -2.25. The van der Waals surface area contributed by atoms with Crippen molar-refractivity contribution in [2.75, 3.05) is 13.1 Å². The van der Waals surface area contributed by atoms with E-state index in [0.717, 1.165) is 18.5 Å². The molecule has 2 fully saturated rings. The zero-order valence-electron chi connectivity index (χ0n) is 8.92. The quantitative estimate of drug-likeness (QED) is 0.667. The molecule has 0 bridgehead atoms. The summed E-state index contributed by atoms with van der Waals surface area (Å²) >= 11 is 0. The second kappa shape index (κ2) is 3.25. The number of hydrogen-bond donors (Lipinski definition) is 1. The van der Waals surface area contributed by atoms with Crippen molar-refractivity contribution in [3.8, 4) is 0 Å². The molecular formula is C11H22N2. The Balaban J connectivity index is 1.89. The van der Waals surface area contributed by atoms with Gasteiger partial charge in [0.1, 0.15) is 0 Å². The second-order valence-corrected chi connectivity index (χ2v) is 5.45. The molecule has 2 heteroatoms. The highest BCUT2D eigenvalue weighted by Gasteiger charge is 2.35. The van der Waals surface area contributed by atoms with Crippen molar-refractivity contribution in [2.24, 2.45) is 11.7 Å². The summed E-state index contributed by atoms with van der Waals surface area (Å²) in [6, 6.07) is 0.848. The molecule has 0 spiro atoms. The highest BCUT2D eigenvalue weighted by molar-refractivity contribution is 4.94. The van der Waals surface area contributed by atoms with E-state index in [1.807, 2.05) is 0 Å². The van der Waals surface area contributed by atoms with Crippen molar-refractivity contribution in [3.63, 3.8) is 0 Å². The molecule has 0 aromatic carbocycles. The Kier molecular flexibility index (Phi) is 2.37. The Morgan fingerprint density at radius 3 is 2.62 bits per heavy atom. The van der Waals surface area contributed by atoms with Gasteiger partial charge in [0.2, 0.25) is 0 Å². The van der Waals surface area contributed by atoms with Gasteiger partial charge in [-0.05, 0) is 38.5 Å². The zero-order valence-corrected chi connectivity index (χ0v) is 8.92. The first-order valence-corrected chi connectivity index (χ1v) is 5.60. The van der Waals surface area contributed by atoms with Crippen molar-refractivity contribution in [2.45, 2.75) is 51.1 Å². The molecule has 2 nitrogen and oxygen atoms in total. The van der Waals surface area contributed by atoms with Gasteiger partial charge in [0.05, 0.1) is 0 Å². The predicted octanol–water partition coefficient (Wildman–Crippen LogP) is 1.60. The molecule has 0 aromatic heterocycles. The molecule has 0 radical (unpaired) electrons. The van der Waals surface area contributed by atoms with Crippen LogP contribution in [-0.2, 0) is 0 Å². The summed E-state index contributed by atoms with van der Waals surface area (Å²) in [4.78, 5) is 2.61. The number of rotatable bonds is 1. The fraction of sp³-hybridized carbons (Fsp3) is 1.00. The maximum absolute atomic E-state index is 6.13. The summed E-state index contributed by atoms with van der Waals surface area (Å²) in [6.07, 6.45) is 5.40. The van der Waals surface area contributed by atoms with Gasteiger partial charge in [0.15, 0.2) is 0 Å². The van der Waals surface area contributed by atoms with Gasteiger partial charge in [-0.25, -0.2) is 0 Å². The van der Waals surface area contributed by atoms with Gasteiger partial charge < -0.3 is 5.73 Å². The lowest BCUT2D eigenvalue weighted by Crippen LogP contribution is -2.41. The van der Waals surface area contributed by atoms with E-state index in [1.54, 1.807) is 0 Å². The fourth-order valence-electron chi connectivity index (χ4n) is 2.84. The van der Waals surface area contributed by atoms with Crippen LogP contribution in [0.1, 0.15) is 39.5 Å². The topological polar surface area (TPSA) is 29.3 Å². The van der Waals surface area contributed by atoms with Crippen LogP contribution in [0.3, 0.4) is 0 Å². The van der Waals surface area contributed by atoms with Gasteiger partial charge in [-0.15, -0.1) is 0 Å². The van der Waals surface area contributed by atoms with Crippen LogP contribution in [0.4, 0.5) is 0 Å². The second-order valence-electron chi connectivity index (χ2n) is 5.45. The van der Waals surface area contributed by atoms with Crippen molar-refractivity contribution in [1.82, 2.24) is 4.90 Å². The third kappa shape index (κ3) is 2.05. The van der Waals surface area contributed by atoms with Crippen molar-refractivity contribution in [1.29, 1.82) is 0 Å². The van der Waals surface area contributed by atoms with Crippen molar-refractivity contribution >= 4 is 0 Å². The number of nitrogens with zero attached hydrogens (tertiary/aromatic N) is 1. The zero-order chi connectivity index (χ0) is 9.47. The minimum Gasteiger partial charge on any atom is -0.324 e. The smallest absolute Gasteiger partial charge is 0.0267 e. The Morgan fingerprint density at radius 2 is 2.15 bits per heavy atom. The van der Waals surface area contributed by atoms with E-state index in [0.29, 0.717) is 0 Å². The standard InChI is InChI=1S/C11H22N2/c1-9-3-4-10(7-9)13-6-5-11(2,12)8-13/h9-10H,3-8,12H2,1-2H3. The van der Waals surface area contributed by atoms with Crippen LogP contribution < -0.4 is 5.73 Å². The Labute approximate surface area is 81.5 Å². The summed E-state index contributed by atoms with van der Waals surface area (Å²) in [6.45, 7) is 6.90. The molecule has 2 N–H and O–H groups in total. The molecule has 1 aliphatic carbocycles. The number of nitrogens with two attached hydrogens (primary N) is 1.